The predicted molar refractivity (Wildman–Crippen MR) is 241 cm³/mol. The van der Waals surface area contributed by atoms with Gasteiger partial charge in [0.1, 0.15) is 6.10 Å². The van der Waals surface area contributed by atoms with Crippen molar-refractivity contribution in [3.05, 3.63) is 24.3 Å². The van der Waals surface area contributed by atoms with Gasteiger partial charge in [0.15, 0.2) is 0 Å². The number of amides is 1. The van der Waals surface area contributed by atoms with Crippen LogP contribution in [0.2, 0.25) is 0 Å². The van der Waals surface area contributed by atoms with Crippen LogP contribution in [0.5, 0.6) is 0 Å². The highest BCUT2D eigenvalue weighted by Gasteiger charge is 2.22. The van der Waals surface area contributed by atoms with Gasteiger partial charge in [0.25, 0.3) is 0 Å². The van der Waals surface area contributed by atoms with Crippen LogP contribution in [-0.2, 0) is 4.79 Å². The van der Waals surface area contributed by atoms with Crippen LogP contribution in [0, 0.1) is 0 Å². The van der Waals surface area contributed by atoms with E-state index in [1.165, 1.54) is 205 Å². The van der Waals surface area contributed by atoms with E-state index in [1.807, 2.05) is 6.08 Å². The third-order valence-corrected chi connectivity index (χ3v) is 11.5. The first-order valence-electron chi connectivity index (χ1n) is 24.7. The molecule has 1 amide bonds. The van der Waals surface area contributed by atoms with Crippen LogP contribution < -0.4 is 5.32 Å². The second-order valence-electron chi connectivity index (χ2n) is 17.0. The normalized spacial score (nSPS) is 13.6. The molecule has 0 aliphatic rings. The summed E-state index contributed by atoms with van der Waals surface area (Å²) >= 11 is 0. The summed E-state index contributed by atoms with van der Waals surface area (Å²) in [6.45, 7) is 4.17. The molecule has 0 saturated heterocycles. The average molecular weight is 776 g/mol. The van der Waals surface area contributed by atoms with Crippen molar-refractivity contribution in [1.29, 1.82) is 0 Å². The average Bonchev–Trinajstić information content (AvgIpc) is 3.19. The zero-order valence-electron chi connectivity index (χ0n) is 37.1. The topological polar surface area (TPSA) is 89.8 Å². The Hall–Kier alpha value is -1.17. The fourth-order valence-electron chi connectivity index (χ4n) is 7.67. The van der Waals surface area contributed by atoms with Gasteiger partial charge in [-0.15, -0.1) is 0 Å². The van der Waals surface area contributed by atoms with E-state index in [1.54, 1.807) is 6.08 Å². The molecule has 326 valence electrons. The number of carbonyl (C=O) groups excluding carboxylic acids is 1. The Kier molecular flexibility index (Phi) is 44.6. The van der Waals surface area contributed by atoms with Gasteiger partial charge >= 0.3 is 0 Å². The second kappa shape index (κ2) is 45.5. The molecule has 0 saturated carbocycles. The Morgan fingerprint density at radius 2 is 0.745 bits per heavy atom. The lowest BCUT2D eigenvalue weighted by molar-refractivity contribution is -0.131. The molecule has 5 nitrogen and oxygen atoms in total. The molecule has 0 spiro atoms. The van der Waals surface area contributed by atoms with Crippen LogP contribution in [-0.4, -0.2) is 46.1 Å². The summed E-state index contributed by atoms with van der Waals surface area (Å²) in [4.78, 5) is 12.5. The third-order valence-electron chi connectivity index (χ3n) is 11.5. The zero-order chi connectivity index (χ0) is 40.1. The molecule has 0 rings (SSSR count). The predicted octanol–water partition coefficient (Wildman–Crippen LogP) is 14.6. The fraction of sp³-hybridized carbons (Fsp3) is 0.900. The molecule has 3 atom stereocenters. The number of nitrogens with one attached hydrogen (secondary N) is 1. The first-order chi connectivity index (χ1) is 27.1. The lowest BCUT2D eigenvalue weighted by atomic mass is 10.0. The van der Waals surface area contributed by atoms with Crippen LogP contribution in [0.4, 0.5) is 0 Å². The minimum Gasteiger partial charge on any atom is -0.394 e. The fourth-order valence-corrected chi connectivity index (χ4v) is 7.67. The summed E-state index contributed by atoms with van der Waals surface area (Å²) in [5, 5.41) is 33.1. The van der Waals surface area contributed by atoms with E-state index in [0.29, 0.717) is 6.42 Å². The summed E-state index contributed by atoms with van der Waals surface area (Å²) in [6.07, 6.45) is 56.7. The lowest BCUT2D eigenvalue weighted by Crippen LogP contribution is -2.48. The maximum atomic E-state index is 12.5. The van der Waals surface area contributed by atoms with Crippen LogP contribution in [0.3, 0.4) is 0 Å². The number of unbranched alkanes of at least 4 members (excludes halogenated alkanes) is 35. The molecule has 0 aromatic rings. The number of aliphatic hydroxyl groups is 3. The van der Waals surface area contributed by atoms with Crippen molar-refractivity contribution in [2.24, 2.45) is 0 Å². The molecule has 4 N–H and O–H groups in total. The second-order valence-corrected chi connectivity index (χ2v) is 17.0. The molecule has 0 aliphatic carbocycles. The third kappa shape index (κ3) is 40.8. The molecule has 55 heavy (non-hydrogen) atoms. The van der Waals surface area contributed by atoms with Gasteiger partial charge in [-0.25, -0.2) is 0 Å². The smallest absolute Gasteiger partial charge is 0.249 e. The summed E-state index contributed by atoms with van der Waals surface area (Å²) in [5.74, 6) is -0.509. The standard InChI is InChI=1S/C50H97NO4/c1-3-5-7-9-11-13-15-17-18-19-20-21-22-23-24-25-26-27-28-29-30-31-33-35-37-39-41-43-45-49(54)50(55)51-47(46-52)48(53)44-42-40-38-36-34-32-16-14-12-10-8-6-4-2/h34,36,42,44,47-49,52-54H,3-33,35,37-41,43,45-46H2,1-2H3,(H,51,55)/b36-34+,44-42+. The molecular weight excluding hydrogens is 679 g/mol. The van der Waals surface area contributed by atoms with E-state index in [-0.39, 0.29) is 6.61 Å². The maximum Gasteiger partial charge on any atom is 0.249 e. The van der Waals surface area contributed by atoms with Gasteiger partial charge < -0.3 is 20.6 Å². The summed E-state index contributed by atoms with van der Waals surface area (Å²) in [6, 6.07) is -0.810. The largest absolute Gasteiger partial charge is 0.394 e. The maximum absolute atomic E-state index is 12.5. The Morgan fingerprint density at radius 3 is 1.11 bits per heavy atom. The molecule has 0 radical (unpaired) electrons. The van der Waals surface area contributed by atoms with E-state index < -0.39 is 24.2 Å². The van der Waals surface area contributed by atoms with Gasteiger partial charge in [-0.1, -0.05) is 256 Å². The van der Waals surface area contributed by atoms with Crippen LogP contribution in [0.25, 0.3) is 0 Å². The van der Waals surface area contributed by atoms with Crippen molar-refractivity contribution in [3.8, 4) is 0 Å². The highest BCUT2D eigenvalue weighted by Crippen LogP contribution is 2.17. The monoisotopic (exact) mass is 776 g/mol. The van der Waals surface area contributed by atoms with Crippen LogP contribution >= 0.6 is 0 Å². The number of rotatable bonds is 45. The van der Waals surface area contributed by atoms with E-state index in [4.69, 9.17) is 0 Å². The summed E-state index contributed by atoms with van der Waals surface area (Å²) in [7, 11) is 0. The minimum atomic E-state index is -1.10. The Labute approximate surface area is 343 Å². The number of allylic oxidation sites excluding steroid dienone is 3. The Bertz CT molecular complexity index is 814. The van der Waals surface area contributed by atoms with Crippen molar-refractivity contribution in [1.82, 2.24) is 5.32 Å². The lowest BCUT2D eigenvalue weighted by Gasteiger charge is -2.21. The molecule has 0 aromatic heterocycles. The number of hydrogen-bond acceptors (Lipinski definition) is 4. The van der Waals surface area contributed by atoms with Crippen molar-refractivity contribution >= 4 is 5.91 Å². The van der Waals surface area contributed by atoms with Crippen LogP contribution in [0.1, 0.15) is 264 Å². The molecule has 0 fully saturated rings. The molecule has 3 unspecified atom stereocenters. The van der Waals surface area contributed by atoms with Crippen molar-refractivity contribution in [2.45, 2.75) is 283 Å². The van der Waals surface area contributed by atoms with Crippen molar-refractivity contribution in [3.63, 3.8) is 0 Å². The number of carbonyl (C=O) groups is 1. The van der Waals surface area contributed by atoms with Crippen molar-refractivity contribution < 1.29 is 20.1 Å². The van der Waals surface area contributed by atoms with Gasteiger partial charge in [0, 0.05) is 0 Å². The van der Waals surface area contributed by atoms with Gasteiger partial charge in [-0.05, 0) is 32.1 Å². The highest BCUT2D eigenvalue weighted by atomic mass is 16.3. The highest BCUT2D eigenvalue weighted by molar-refractivity contribution is 5.80. The summed E-state index contributed by atoms with van der Waals surface area (Å²) in [5.41, 5.74) is 0. The van der Waals surface area contributed by atoms with E-state index in [2.05, 4.69) is 31.3 Å². The molecule has 0 bridgehead atoms. The van der Waals surface area contributed by atoms with Crippen molar-refractivity contribution in [2.75, 3.05) is 6.61 Å². The first kappa shape index (κ1) is 53.8. The minimum absolute atomic E-state index is 0.373. The molecular formula is C50H97NO4. The van der Waals surface area contributed by atoms with Gasteiger partial charge in [-0.3, -0.25) is 4.79 Å². The van der Waals surface area contributed by atoms with Gasteiger partial charge in [0.2, 0.25) is 5.91 Å². The summed E-state index contributed by atoms with van der Waals surface area (Å²) < 4.78 is 0. The van der Waals surface area contributed by atoms with Crippen LogP contribution in [0.15, 0.2) is 24.3 Å². The Morgan fingerprint density at radius 1 is 0.436 bits per heavy atom. The Balaban J connectivity index is 3.54. The van der Waals surface area contributed by atoms with E-state index in [0.717, 1.165) is 38.5 Å². The zero-order valence-corrected chi connectivity index (χ0v) is 37.1. The molecule has 0 aromatic carbocycles. The molecule has 0 heterocycles. The quantitative estimate of drug-likeness (QED) is 0.0366. The van der Waals surface area contributed by atoms with Gasteiger partial charge in [0.05, 0.1) is 18.8 Å². The molecule has 5 heteroatoms. The van der Waals surface area contributed by atoms with E-state index in [9.17, 15) is 20.1 Å². The van der Waals surface area contributed by atoms with Gasteiger partial charge in [-0.2, -0.15) is 0 Å². The SMILES string of the molecule is CCCCCCCCC/C=C/CC/C=C/C(O)C(CO)NC(=O)C(O)CCCCCCCCCCCCCCCCCCCCCCCCCCCCCC. The molecule has 0 aliphatic heterocycles. The number of hydrogen-bond donors (Lipinski definition) is 4. The first-order valence-corrected chi connectivity index (χ1v) is 24.7. The van der Waals surface area contributed by atoms with E-state index >= 15 is 0 Å². The number of aliphatic hydroxyl groups excluding tert-OH is 3.